The van der Waals surface area contributed by atoms with Gasteiger partial charge in [-0.05, 0) is 101 Å². The van der Waals surface area contributed by atoms with E-state index in [4.69, 9.17) is 22.9 Å². The zero-order chi connectivity index (χ0) is 57.1. The Kier molecular flexibility index (Phi) is 25.5. The molecule has 3 heterocycles. The average Bonchev–Trinajstić information content (AvgIpc) is 4.04. The summed E-state index contributed by atoms with van der Waals surface area (Å²) in [5.74, 6) is -11.6. The van der Waals surface area contributed by atoms with Gasteiger partial charge in [-0.1, -0.05) is 55.4 Å². The van der Waals surface area contributed by atoms with Crippen LogP contribution in [0.3, 0.4) is 0 Å². The van der Waals surface area contributed by atoms with E-state index in [-0.39, 0.29) is 89.4 Å². The van der Waals surface area contributed by atoms with Gasteiger partial charge in [0.25, 0.3) is 0 Å². The first-order chi connectivity index (χ1) is 35.7. The van der Waals surface area contributed by atoms with Gasteiger partial charge < -0.3 is 75.3 Å². The number of carbonyl (C=O) groups is 12. The molecule has 26 nitrogen and oxygen atoms in total. The van der Waals surface area contributed by atoms with Crippen LogP contribution in [0.1, 0.15) is 132 Å². The number of nitrogens with one attached hydrogen (secondary N) is 8. The molecule has 0 saturated carbocycles. The molecule has 3 fully saturated rings. The first kappa shape index (κ1) is 63.8. The van der Waals surface area contributed by atoms with Crippen LogP contribution in [-0.2, 0) is 57.5 Å². The number of nitrogens with two attached hydrogens (primary N) is 4. The van der Waals surface area contributed by atoms with Crippen LogP contribution in [0, 0.1) is 23.7 Å². The molecule has 0 bridgehead atoms. The Labute approximate surface area is 445 Å². The number of carbonyl (C=O) groups excluding carboxylic acids is 12. The van der Waals surface area contributed by atoms with E-state index in [1.807, 2.05) is 0 Å². The van der Waals surface area contributed by atoms with E-state index in [0.29, 0.717) is 12.8 Å². The first-order valence-corrected chi connectivity index (χ1v) is 26.7. The van der Waals surface area contributed by atoms with Crippen molar-refractivity contribution >= 4 is 70.9 Å². The molecule has 12 amide bonds. The zero-order valence-electron chi connectivity index (χ0n) is 45.5. The lowest BCUT2D eigenvalue weighted by Gasteiger charge is -2.32. The molecular formula is C50H86N14O12. The van der Waals surface area contributed by atoms with E-state index in [1.165, 1.54) is 9.80 Å². The summed E-state index contributed by atoms with van der Waals surface area (Å²) in [6, 6.07) is -13.4. The third-order valence-corrected chi connectivity index (χ3v) is 13.6. The van der Waals surface area contributed by atoms with Crippen LogP contribution >= 0.6 is 0 Å². The summed E-state index contributed by atoms with van der Waals surface area (Å²) in [6.45, 7) is 14.0. The lowest BCUT2D eigenvalue weighted by atomic mass is 9.99. The van der Waals surface area contributed by atoms with Crippen LogP contribution in [0.4, 0.5) is 0 Å². The highest BCUT2D eigenvalue weighted by Crippen LogP contribution is 2.23. The summed E-state index contributed by atoms with van der Waals surface area (Å²) < 4.78 is 0. The van der Waals surface area contributed by atoms with E-state index < -0.39 is 156 Å². The van der Waals surface area contributed by atoms with Crippen molar-refractivity contribution < 1.29 is 57.5 Å². The molecule has 76 heavy (non-hydrogen) atoms. The number of fused-ring (bicyclic) bond motifs is 2. The smallest absolute Gasteiger partial charge is 0.246 e. The number of hydrogen-bond donors (Lipinski definition) is 12. The Morgan fingerprint density at radius 3 is 1.04 bits per heavy atom. The van der Waals surface area contributed by atoms with Gasteiger partial charge in [0.2, 0.25) is 70.9 Å². The van der Waals surface area contributed by atoms with Crippen molar-refractivity contribution in [3.8, 4) is 0 Å². The predicted octanol–water partition coefficient (Wildman–Crippen LogP) is -3.51. The lowest BCUT2D eigenvalue weighted by molar-refractivity contribution is -0.144. The normalized spacial score (nSPS) is 27.7. The second kappa shape index (κ2) is 30.3. The van der Waals surface area contributed by atoms with Crippen LogP contribution in [0.15, 0.2) is 0 Å². The molecule has 3 aliphatic rings. The van der Waals surface area contributed by atoms with Gasteiger partial charge in [0.05, 0.1) is 12.8 Å². The quantitative estimate of drug-likeness (QED) is 0.0714. The average molecular weight is 1080 g/mol. The van der Waals surface area contributed by atoms with Crippen molar-refractivity contribution in [3.63, 3.8) is 0 Å². The molecule has 428 valence electrons. The fraction of sp³-hybridized carbons (Fsp3) is 0.760. The van der Waals surface area contributed by atoms with Gasteiger partial charge in [-0.15, -0.1) is 0 Å². The third kappa shape index (κ3) is 19.0. The van der Waals surface area contributed by atoms with Crippen LogP contribution in [-0.4, -0.2) is 167 Å². The highest BCUT2D eigenvalue weighted by Gasteiger charge is 2.43. The third-order valence-electron chi connectivity index (χ3n) is 13.6. The molecule has 0 aromatic rings. The molecule has 3 rings (SSSR count). The van der Waals surface area contributed by atoms with E-state index in [2.05, 4.69) is 42.5 Å². The van der Waals surface area contributed by atoms with Gasteiger partial charge in [0.15, 0.2) is 0 Å². The molecule has 26 heteroatoms. The fourth-order valence-electron chi connectivity index (χ4n) is 9.58. The van der Waals surface area contributed by atoms with Crippen LogP contribution in [0.5, 0.6) is 0 Å². The van der Waals surface area contributed by atoms with Gasteiger partial charge in [0, 0.05) is 13.1 Å². The van der Waals surface area contributed by atoms with E-state index in [9.17, 15) is 57.5 Å². The molecule has 10 atom stereocenters. The summed E-state index contributed by atoms with van der Waals surface area (Å²) in [4.78, 5) is 169. The van der Waals surface area contributed by atoms with Gasteiger partial charge in [0.1, 0.15) is 60.4 Å². The van der Waals surface area contributed by atoms with Crippen molar-refractivity contribution in [2.24, 2.45) is 46.6 Å². The van der Waals surface area contributed by atoms with E-state index in [0.717, 1.165) is 0 Å². The molecule has 0 aromatic heterocycles. The maximum Gasteiger partial charge on any atom is 0.246 e. The molecular weight excluding hydrogens is 989 g/mol. The van der Waals surface area contributed by atoms with Crippen molar-refractivity contribution in [1.29, 1.82) is 0 Å². The summed E-state index contributed by atoms with van der Waals surface area (Å²) in [5.41, 5.74) is 22.8. The summed E-state index contributed by atoms with van der Waals surface area (Å²) in [7, 11) is 0. The minimum Gasteiger partial charge on any atom is -0.370 e. The first-order valence-electron chi connectivity index (χ1n) is 26.7. The number of primary amides is 2. The summed E-state index contributed by atoms with van der Waals surface area (Å²) in [6.07, 6.45) is 0.0820. The SMILES string of the molecule is CC(C)C[C@@H]1NC(=O)[C@H](CCCN)NC(=O)[C@H](C(C)C)NC(=O)[C@@H]2CCCN2C(=O)[C@@H](CC(N)=O)NC(=O)[C@H](CC(C)C)NC(=O)[C@H](CCCN)NC(=O)[C@H](C(C)C)NC(=O)[C@@H]2CCCN2C(=O)[C@@H](CC(N)=O)NC1=O. The molecule has 16 N–H and O–H groups in total. The van der Waals surface area contributed by atoms with Crippen LogP contribution in [0.2, 0.25) is 0 Å². The van der Waals surface area contributed by atoms with Crippen molar-refractivity contribution in [2.75, 3.05) is 26.2 Å². The second-order valence-corrected chi connectivity index (χ2v) is 21.7. The Bertz CT molecular complexity index is 1960. The Hall–Kier alpha value is -6.44. The molecule has 0 aromatic carbocycles. The summed E-state index contributed by atoms with van der Waals surface area (Å²) in [5, 5.41) is 21.3. The minimum atomic E-state index is -1.60. The Balaban J connectivity index is 2.19. The molecule has 0 unspecified atom stereocenters. The Morgan fingerprint density at radius 2 is 0.750 bits per heavy atom. The van der Waals surface area contributed by atoms with Gasteiger partial charge in [-0.3, -0.25) is 57.5 Å². The largest absolute Gasteiger partial charge is 0.370 e. The highest BCUT2D eigenvalue weighted by atomic mass is 16.2. The highest BCUT2D eigenvalue weighted by molar-refractivity contribution is 6.01. The van der Waals surface area contributed by atoms with Crippen molar-refractivity contribution in [3.05, 3.63) is 0 Å². The monoisotopic (exact) mass is 1070 g/mol. The van der Waals surface area contributed by atoms with Crippen LogP contribution < -0.4 is 65.5 Å². The number of rotatable bonds is 16. The fourth-order valence-corrected chi connectivity index (χ4v) is 9.58. The zero-order valence-corrected chi connectivity index (χ0v) is 45.5. The minimum absolute atomic E-state index is 0.00216. The second-order valence-electron chi connectivity index (χ2n) is 21.7. The number of nitrogens with zero attached hydrogens (tertiary/aromatic N) is 2. The topological polar surface area (TPSA) is 412 Å². The van der Waals surface area contributed by atoms with Crippen molar-refractivity contribution in [2.45, 2.75) is 193 Å². The lowest BCUT2D eigenvalue weighted by Crippen LogP contribution is -2.62. The maximum atomic E-state index is 14.4. The van der Waals surface area contributed by atoms with Gasteiger partial charge in [-0.2, -0.15) is 0 Å². The van der Waals surface area contributed by atoms with Crippen LogP contribution in [0.25, 0.3) is 0 Å². The molecule has 3 aliphatic heterocycles. The van der Waals surface area contributed by atoms with Gasteiger partial charge >= 0.3 is 0 Å². The number of hydrogen-bond acceptors (Lipinski definition) is 14. The number of amides is 12. The maximum absolute atomic E-state index is 14.4. The molecule has 0 aliphatic carbocycles. The Morgan fingerprint density at radius 1 is 0.447 bits per heavy atom. The molecule has 0 spiro atoms. The van der Waals surface area contributed by atoms with E-state index >= 15 is 0 Å². The van der Waals surface area contributed by atoms with Gasteiger partial charge in [-0.25, -0.2) is 0 Å². The predicted molar refractivity (Wildman–Crippen MR) is 278 cm³/mol. The standard InChI is InChI=1S/C50H86N14O12/c1-25(2)21-31-43(69)59-33(23-37(53)65)49(75)63-19-11-15-35(63)45(71)62-40(28(7)8)48(74)56-30(14-10-18-52)42(68)58-32(22-26(3)4)44(70)60-34(24-38(54)66)50(76)64-20-12-16-36(64)46(72)61-39(27(5)6)47(73)55-29(13-9-17-51)41(67)57-31/h25-36,39-40H,9-24,51-52H2,1-8H3,(H2,53,65)(H2,54,66)(H,55,73)(H,56,74)(H,57,67)(H,58,68)(H,59,69)(H,60,70)(H,61,72)(H,62,71)/t29-,30-,31-,32-,33+,34+,35-,36-,39-,40-/m0/s1. The molecule has 0 radical (unpaired) electrons. The van der Waals surface area contributed by atoms with Crippen molar-refractivity contribution in [1.82, 2.24) is 52.3 Å². The summed E-state index contributed by atoms with van der Waals surface area (Å²) >= 11 is 0. The molecule has 3 saturated heterocycles. The van der Waals surface area contributed by atoms with E-state index in [1.54, 1.807) is 55.4 Å².